The van der Waals surface area contributed by atoms with Gasteiger partial charge in [-0.2, -0.15) is 0 Å². The van der Waals surface area contributed by atoms with Crippen LogP contribution in [0.1, 0.15) is 0 Å². The molecule has 0 unspecified atom stereocenters. The van der Waals surface area contributed by atoms with Crippen molar-refractivity contribution in [1.29, 1.82) is 0 Å². The number of aromatic nitrogens is 3. The van der Waals surface area contributed by atoms with E-state index >= 15 is 0 Å². The summed E-state index contributed by atoms with van der Waals surface area (Å²) in [5.74, 6) is 0.523. The number of nitrogens with zero attached hydrogens (tertiary/aromatic N) is 1. The quantitative estimate of drug-likeness (QED) is 0.592. The zero-order valence-electron chi connectivity index (χ0n) is 6.61. The van der Waals surface area contributed by atoms with Crippen molar-refractivity contribution in [1.82, 2.24) is 15.0 Å². The maximum Gasteiger partial charge on any atom is 0.247 e. The van der Waals surface area contributed by atoms with Gasteiger partial charge in [0.1, 0.15) is 5.82 Å². The summed E-state index contributed by atoms with van der Waals surface area (Å²) < 4.78 is 0. The zero-order valence-corrected chi connectivity index (χ0v) is 6.61. The summed E-state index contributed by atoms with van der Waals surface area (Å²) in [5.41, 5.74) is 0.555. The van der Waals surface area contributed by atoms with Gasteiger partial charge < -0.3 is 15.1 Å². The van der Waals surface area contributed by atoms with Crippen molar-refractivity contribution in [3.63, 3.8) is 0 Å². The van der Waals surface area contributed by atoms with Crippen LogP contribution in [-0.2, 0) is 0 Å². The number of nitrogens with one attached hydrogen (secondary N) is 2. The lowest BCUT2D eigenvalue weighted by atomic mass is 10.3. The number of pyridine rings is 1. The lowest BCUT2D eigenvalue weighted by Crippen LogP contribution is -2.01. The Labute approximate surface area is 73.1 Å². The van der Waals surface area contributed by atoms with E-state index in [4.69, 9.17) is 5.11 Å². The number of hydrogen-bond donors (Lipinski definition) is 3. The molecule has 0 aliphatic heterocycles. The largest absolute Gasteiger partial charge is 0.493 e. The van der Waals surface area contributed by atoms with Gasteiger partial charge in [0.15, 0.2) is 0 Å². The van der Waals surface area contributed by atoms with Gasteiger partial charge in [0.05, 0.1) is 6.20 Å². The monoisotopic (exact) mass is 177 g/mol. The molecule has 0 saturated heterocycles. The Morgan fingerprint density at radius 2 is 2.23 bits per heavy atom. The highest BCUT2D eigenvalue weighted by molar-refractivity contribution is 5.53. The van der Waals surface area contributed by atoms with Gasteiger partial charge in [0.2, 0.25) is 11.4 Å². The van der Waals surface area contributed by atoms with Gasteiger partial charge in [0.25, 0.3) is 0 Å². The van der Waals surface area contributed by atoms with Crippen molar-refractivity contribution in [2.75, 3.05) is 0 Å². The van der Waals surface area contributed by atoms with E-state index < -0.39 is 0 Å². The minimum Gasteiger partial charge on any atom is -0.493 e. The summed E-state index contributed by atoms with van der Waals surface area (Å²) in [6.45, 7) is 0. The van der Waals surface area contributed by atoms with E-state index in [0.717, 1.165) is 5.56 Å². The molecule has 0 amide bonds. The molecular weight excluding hydrogens is 170 g/mol. The van der Waals surface area contributed by atoms with Gasteiger partial charge >= 0.3 is 0 Å². The molecule has 0 atom stereocenters. The number of H-pyrrole nitrogens is 2. The lowest BCUT2D eigenvalue weighted by Gasteiger charge is -1.93. The third kappa shape index (κ3) is 1.44. The lowest BCUT2D eigenvalue weighted by molar-refractivity contribution is 0.457. The molecule has 2 aromatic rings. The molecule has 2 rings (SSSR count). The van der Waals surface area contributed by atoms with Crippen molar-refractivity contribution in [2.24, 2.45) is 0 Å². The second-order valence-corrected chi connectivity index (χ2v) is 2.56. The summed E-state index contributed by atoms with van der Waals surface area (Å²) in [7, 11) is 0. The minimum atomic E-state index is -0.167. The van der Waals surface area contributed by atoms with E-state index in [1.165, 1.54) is 18.5 Å². The van der Waals surface area contributed by atoms with Crippen LogP contribution in [0.4, 0.5) is 0 Å². The van der Waals surface area contributed by atoms with Crippen molar-refractivity contribution in [2.45, 2.75) is 0 Å². The second-order valence-electron chi connectivity index (χ2n) is 2.56. The Balaban J connectivity index is 2.47. The Kier molecular flexibility index (Phi) is 1.63. The zero-order chi connectivity index (χ0) is 9.26. The highest BCUT2D eigenvalue weighted by atomic mass is 16.3. The molecule has 2 heterocycles. The molecule has 0 aliphatic rings. The summed E-state index contributed by atoms with van der Waals surface area (Å²) in [6, 6.07) is 3.02. The van der Waals surface area contributed by atoms with Crippen molar-refractivity contribution < 1.29 is 5.11 Å². The van der Waals surface area contributed by atoms with Crippen LogP contribution in [0.3, 0.4) is 0 Å². The average Bonchev–Trinajstić information content (AvgIpc) is 2.53. The fourth-order valence-corrected chi connectivity index (χ4v) is 1.02. The normalized spacial score (nSPS) is 10.2. The molecule has 0 fully saturated rings. The third-order valence-electron chi connectivity index (χ3n) is 1.62. The SMILES string of the molecule is O=c1ccc(-c2ncc(O)[nH]2)c[nH]1. The molecular formula is C8H7N3O2. The number of rotatable bonds is 1. The molecule has 0 bridgehead atoms. The predicted octanol–water partition coefficient (Wildman–Crippen LogP) is 0.471. The minimum absolute atomic E-state index is 0.00111. The number of aromatic amines is 2. The summed E-state index contributed by atoms with van der Waals surface area (Å²) in [5, 5.41) is 8.98. The highest BCUT2D eigenvalue weighted by Gasteiger charge is 2.01. The molecule has 0 spiro atoms. The molecule has 0 aromatic carbocycles. The van der Waals surface area contributed by atoms with Crippen LogP contribution < -0.4 is 5.56 Å². The van der Waals surface area contributed by atoms with Crippen LogP contribution in [0.2, 0.25) is 0 Å². The molecule has 0 saturated carbocycles. The molecule has 0 radical (unpaired) electrons. The van der Waals surface area contributed by atoms with E-state index in [-0.39, 0.29) is 11.4 Å². The first-order valence-corrected chi connectivity index (χ1v) is 3.69. The molecule has 0 aliphatic carbocycles. The molecule has 5 heteroatoms. The van der Waals surface area contributed by atoms with Crippen molar-refractivity contribution in [3.05, 3.63) is 34.9 Å². The molecule has 66 valence electrons. The van der Waals surface area contributed by atoms with Crippen LogP contribution >= 0.6 is 0 Å². The van der Waals surface area contributed by atoms with Crippen LogP contribution in [0.25, 0.3) is 11.4 Å². The van der Waals surface area contributed by atoms with Gasteiger partial charge in [-0.25, -0.2) is 4.98 Å². The van der Waals surface area contributed by atoms with Crippen molar-refractivity contribution in [3.8, 4) is 17.3 Å². The summed E-state index contributed by atoms with van der Waals surface area (Å²) >= 11 is 0. The van der Waals surface area contributed by atoms with Gasteiger partial charge in [-0.1, -0.05) is 0 Å². The predicted molar refractivity (Wildman–Crippen MR) is 46.3 cm³/mol. The standard InChI is InChI=1S/C8H7N3O2/c12-6-2-1-5(3-9-6)8-10-4-7(13)11-8/h1-4,13H,(H,9,12)(H,10,11). The number of hydrogen-bond acceptors (Lipinski definition) is 3. The fourth-order valence-electron chi connectivity index (χ4n) is 1.02. The Bertz CT molecular complexity index is 452. The Hall–Kier alpha value is -2.04. The van der Waals surface area contributed by atoms with Gasteiger partial charge in [0, 0.05) is 17.8 Å². The van der Waals surface area contributed by atoms with E-state index in [1.807, 2.05) is 0 Å². The fraction of sp³-hybridized carbons (Fsp3) is 0. The van der Waals surface area contributed by atoms with E-state index in [1.54, 1.807) is 6.07 Å². The topological polar surface area (TPSA) is 81.8 Å². The first-order chi connectivity index (χ1) is 6.25. The first kappa shape index (κ1) is 7.60. The first-order valence-electron chi connectivity index (χ1n) is 3.69. The van der Waals surface area contributed by atoms with E-state index in [9.17, 15) is 4.79 Å². The summed E-state index contributed by atoms with van der Waals surface area (Å²) in [6.07, 6.45) is 2.83. The van der Waals surface area contributed by atoms with Crippen molar-refractivity contribution >= 4 is 0 Å². The van der Waals surface area contributed by atoms with E-state index in [0.29, 0.717) is 5.82 Å². The number of imidazole rings is 1. The Morgan fingerprint density at radius 1 is 1.38 bits per heavy atom. The smallest absolute Gasteiger partial charge is 0.247 e. The van der Waals surface area contributed by atoms with E-state index in [2.05, 4.69) is 15.0 Å². The molecule has 13 heavy (non-hydrogen) atoms. The van der Waals surface area contributed by atoms with Crippen LogP contribution in [0.5, 0.6) is 5.88 Å². The van der Waals surface area contributed by atoms with Gasteiger partial charge in [-0.15, -0.1) is 0 Å². The second kappa shape index (κ2) is 2.78. The Morgan fingerprint density at radius 3 is 2.77 bits per heavy atom. The van der Waals surface area contributed by atoms with Crippen LogP contribution in [0.15, 0.2) is 29.3 Å². The van der Waals surface area contributed by atoms with Crippen LogP contribution in [0, 0.1) is 0 Å². The molecule has 2 aromatic heterocycles. The maximum absolute atomic E-state index is 10.7. The van der Waals surface area contributed by atoms with Gasteiger partial charge in [-0.3, -0.25) is 4.79 Å². The van der Waals surface area contributed by atoms with Gasteiger partial charge in [-0.05, 0) is 6.07 Å². The maximum atomic E-state index is 10.7. The summed E-state index contributed by atoms with van der Waals surface area (Å²) in [4.78, 5) is 19.8. The van der Waals surface area contributed by atoms with Crippen LogP contribution in [-0.4, -0.2) is 20.1 Å². The molecule has 5 nitrogen and oxygen atoms in total. The average molecular weight is 177 g/mol. The third-order valence-corrected chi connectivity index (χ3v) is 1.62. The highest BCUT2D eigenvalue weighted by Crippen LogP contribution is 2.14. The molecule has 3 N–H and O–H groups in total. The number of aromatic hydroxyl groups is 1.